The Balaban J connectivity index is 1.49. The minimum absolute atomic E-state index is 0.162. The SMILES string of the molecule is CC(C)NC[C@H]1CC[C@H](n2cc3c(nc2=O)Nc2c(OCCN)cccc2O3)CC1. The van der Waals surface area contributed by atoms with Crippen LogP contribution in [-0.4, -0.2) is 35.3 Å². The molecule has 0 amide bonds. The van der Waals surface area contributed by atoms with Gasteiger partial charge in [-0.3, -0.25) is 4.57 Å². The molecular formula is C22H31N5O3. The summed E-state index contributed by atoms with van der Waals surface area (Å²) < 4.78 is 13.5. The van der Waals surface area contributed by atoms with Crippen molar-refractivity contribution in [1.29, 1.82) is 0 Å². The highest BCUT2D eigenvalue weighted by Gasteiger charge is 2.27. The first-order valence-corrected chi connectivity index (χ1v) is 10.8. The first-order valence-electron chi connectivity index (χ1n) is 10.8. The van der Waals surface area contributed by atoms with Crippen molar-refractivity contribution in [3.8, 4) is 17.2 Å². The van der Waals surface area contributed by atoms with Gasteiger partial charge in [-0.2, -0.15) is 4.98 Å². The monoisotopic (exact) mass is 413 g/mol. The quantitative estimate of drug-likeness (QED) is 0.547. The van der Waals surface area contributed by atoms with Gasteiger partial charge in [0.2, 0.25) is 0 Å². The van der Waals surface area contributed by atoms with E-state index in [2.05, 4.69) is 29.5 Å². The first-order chi connectivity index (χ1) is 14.5. The summed E-state index contributed by atoms with van der Waals surface area (Å²) in [6.45, 7) is 6.20. The van der Waals surface area contributed by atoms with Gasteiger partial charge in [-0.05, 0) is 50.3 Å². The molecule has 1 aliphatic heterocycles. The normalized spacial score (nSPS) is 20.1. The van der Waals surface area contributed by atoms with Gasteiger partial charge in [-0.1, -0.05) is 19.9 Å². The highest BCUT2D eigenvalue weighted by molar-refractivity contribution is 5.77. The van der Waals surface area contributed by atoms with Crippen LogP contribution in [0.1, 0.15) is 45.6 Å². The number of aromatic nitrogens is 2. The highest BCUT2D eigenvalue weighted by atomic mass is 16.5. The van der Waals surface area contributed by atoms with Crippen LogP contribution in [0.15, 0.2) is 29.2 Å². The fourth-order valence-electron chi connectivity index (χ4n) is 4.15. The second kappa shape index (κ2) is 9.06. The molecule has 2 aliphatic rings. The lowest BCUT2D eigenvalue weighted by Gasteiger charge is -2.31. The van der Waals surface area contributed by atoms with Gasteiger partial charge in [0, 0.05) is 18.6 Å². The zero-order chi connectivity index (χ0) is 21.1. The molecule has 0 unspecified atom stereocenters. The summed E-state index contributed by atoms with van der Waals surface area (Å²) in [7, 11) is 0. The molecule has 2 heterocycles. The molecule has 4 rings (SSSR count). The molecule has 4 N–H and O–H groups in total. The number of hydrogen-bond donors (Lipinski definition) is 3. The van der Waals surface area contributed by atoms with E-state index in [0.717, 1.165) is 32.2 Å². The number of para-hydroxylation sites is 1. The number of nitrogens with zero attached hydrogens (tertiary/aromatic N) is 2. The van der Waals surface area contributed by atoms with Crippen LogP contribution in [0.25, 0.3) is 0 Å². The molecule has 162 valence electrons. The predicted octanol–water partition coefficient (Wildman–Crippen LogP) is 3.16. The number of nitrogens with two attached hydrogens (primary N) is 1. The van der Waals surface area contributed by atoms with Crippen molar-refractivity contribution in [2.45, 2.75) is 51.6 Å². The molecule has 30 heavy (non-hydrogen) atoms. The maximum absolute atomic E-state index is 12.8. The lowest BCUT2D eigenvalue weighted by atomic mass is 9.85. The molecule has 0 atom stereocenters. The maximum atomic E-state index is 12.8. The Morgan fingerprint density at radius 1 is 1.30 bits per heavy atom. The molecular weight excluding hydrogens is 382 g/mol. The lowest BCUT2D eigenvalue weighted by molar-refractivity contribution is 0.257. The van der Waals surface area contributed by atoms with Crippen molar-refractivity contribution in [2.24, 2.45) is 11.7 Å². The molecule has 1 aromatic heterocycles. The number of hydrogen-bond acceptors (Lipinski definition) is 7. The third kappa shape index (κ3) is 4.44. The topological polar surface area (TPSA) is 103 Å². The van der Waals surface area contributed by atoms with Crippen LogP contribution < -0.4 is 31.5 Å². The largest absolute Gasteiger partial charge is 0.490 e. The smallest absolute Gasteiger partial charge is 0.350 e. The molecule has 8 nitrogen and oxygen atoms in total. The minimum atomic E-state index is -0.252. The summed E-state index contributed by atoms with van der Waals surface area (Å²) >= 11 is 0. The van der Waals surface area contributed by atoms with Crippen LogP contribution in [0.4, 0.5) is 11.5 Å². The van der Waals surface area contributed by atoms with Crippen LogP contribution in [0.3, 0.4) is 0 Å². The Labute approximate surface area is 176 Å². The van der Waals surface area contributed by atoms with E-state index < -0.39 is 0 Å². The third-order valence-electron chi connectivity index (χ3n) is 5.77. The Hall–Kier alpha value is -2.58. The molecule has 0 spiro atoms. The molecule has 0 radical (unpaired) electrons. The van der Waals surface area contributed by atoms with Crippen LogP contribution >= 0.6 is 0 Å². The molecule has 1 saturated carbocycles. The van der Waals surface area contributed by atoms with Gasteiger partial charge in [-0.15, -0.1) is 0 Å². The van der Waals surface area contributed by atoms with Gasteiger partial charge in [0.25, 0.3) is 0 Å². The van der Waals surface area contributed by atoms with E-state index in [4.69, 9.17) is 15.2 Å². The summed E-state index contributed by atoms with van der Waals surface area (Å²) in [5.41, 5.74) is 5.95. The van der Waals surface area contributed by atoms with Gasteiger partial charge < -0.3 is 25.8 Å². The second-order valence-electron chi connectivity index (χ2n) is 8.37. The third-order valence-corrected chi connectivity index (χ3v) is 5.77. The lowest BCUT2D eigenvalue weighted by Crippen LogP contribution is -2.34. The molecule has 0 saturated heterocycles. The minimum Gasteiger partial charge on any atom is -0.490 e. The van der Waals surface area contributed by atoms with Gasteiger partial charge in [0.15, 0.2) is 17.3 Å². The van der Waals surface area contributed by atoms with Crippen molar-refractivity contribution < 1.29 is 9.47 Å². The first kappa shape index (κ1) is 20.7. The Kier molecular flexibility index (Phi) is 6.24. The number of fused-ring (bicyclic) bond motifs is 2. The summed E-state index contributed by atoms with van der Waals surface area (Å²) in [4.78, 5) is 17.0. The van der Waals surface area contributed by atoms with Crippen LogP contribution in [-0.2, 0) is 0 Å². The Bertz CT molecular complexity index is 935. The van der Waals surface area contributed by atoms with Gasteiger partial charge in [0.05, 0.1) is 6.20 Å². The summed E-state index contributed by atoms with van der Waals surface area (Å²) in [6.07, 6.45) is 5.97. The van der Waals surface area contributed by atoms with Crippen molar-refractivity contribution in [2.75, 3.05) is 25.0 Å². The van der Waals surface area contributed by atoms with E-state index in [1.807, 2.05) is 18.2 Å². The number of ether oxygens (including phenoxy) is 2. The van der Waals surface area contributed by atoms with Crippen molar-refractivity contribution in [3.05, 3.63) is 34.9 Å². The number of benzene rings is 1. The molecule has 2 aromatic rings. The molecule has 1 aliphatic carbocycles. The Morgan fingerprint density at radius 3 is 2.83 bits per heavy atom. The van der Waals surface area contributed by atoms with Crippen LogP contribution in [0.5, 0.6) is 17.2 Å². The second-order valence-corrected chi connectivity index (χ2v) is 8.37. The Morgan fingerprint density at radius 2 is 2.10 bits per heavy atom. The standard InChI is InChI=1S/C22H31N5O3/c1-14(2)24-12-15-6-8-16(9-7-15)27-13-19-21(26-22(27)28)25-20-17(29-11-10-23)4-3-5-18(20)30-19/h3-5,13-16,24H,6-12,23H2,1-2H3,(H,25,26,28)/t15-,16-. The van der Waals surface area contributed by atoms with Crippen LogP contribution in [0.2, 0.25) is 0 Å². The summed E-state index contributed by atoms with van der Waals surface area (Å²) in [5, 5.41) is 6.72. The fourth-order valence-corrected chi connectivity index (χ4v) is 4.15. The highest BCUT2D eigenvalue weighted by Crippen LogP contribution is 2.45. The number of rotatable bonds is 7. The fraction of sp³-hybridized carbons (Fsp3) is 0.545. The van der Waals surface area contributed by atoms with E-state index in [1.54, 1.807) is 10.8 Å². The molecule has 8 heteroatoms. The predicted molar refractivity (Wildman–Crippen MR) is 117 cm³/mol. The molecule has 1 fully saturated rings. The van der Waals surface area contributed by atoms with Gasteiger partial charge in [0.1, 0.15) is 18.0 Å². The average Bonchev–Trinajstić information content (AvgIpc) is 2.75. The van der Waals surface area contributed by atoms with E-state index in [9.17, 15) is 4.79 Å². The zero-order valence-corrected chi connectivity index (χ0v) is 17.7. The van der Waals surface area contributed by atoms with E-state index in [1.165, 1.54) is 0 Å². The van der Waals surface area contributed by atoms with Crippen molar-refractivity contribution in [3.63, 3.8) is 0 Å². The van der Waals surface area contributed by atoms with Gasteiger partial charge in [-0.25, -0.2) is 4.79 Å². The van der Waals surface area contributed by atoms with Crippen LogP contribution in [0, 0.1) is 5.92 Å². The molecule has 1 aromatic carbocycles. The molecule has 0 bridgehead atoms. The van der Waals surface area contributed by atoms with Crippen molar-refractivity contribution >= 4 is 11.5 Å². The summed E-state index contributed by atoms with van der Waals surface area (Å²) in [5.74, 6) is 2.92. The van der Waals surface area contributed by atoms with Crippen molar-refractivity contribution in [1.82, 2.24) is 14.9 Å². The van der Waals surface area contributed by atoms with E-state index >= 15 is 0 Å². The van der Waals surface area contributed by atoms with E-state index in [-0.39, 0.29) is 11.7 Å². The average molecular weight is 414 g/mol. The summed E-state index contributed by atoms with van der Waals surface area (Å²) in [6, 6.07) is 6.23. The number of anilines is 2. The van der Waals surface area contributed by atoms with Gasteiger partial charge >= 0.3 is 5.69 Å². The van der Waals surface area contributed by atoms with E-state index in [0.29, 0.717) is 53.9 Å². The zero-order valence-electron chi connectivity index (χ0n) is 17.7. The number of nitrogens with one attached hydrogen (secondary N) is 2. The maximum Gasteiger partial charge on any atom is 0.350 e.